The van der Waals surface area contributed by atoms with Crippen molar-refractivity contribution in [2.75, 3.05) is 25.5 Å². The number of hydrogen-bond acceptors (Lipinski definition) is 7. The first kappa shape index (κ1) is 26.1. The second-order valence-corrected chi connectivity index (χ2v) is 8.33. The van der Waals surface area contributed by atoms with Crippen LogP contribution in [0.4, 0.5) is 27.8 Å². The molecule has 1 fully saturated rings. The van der Waals surface area contributed by atoms with Crippen molar-refractivity contribution in [3.63, 3.8) is 0 Å². The number of hydrogen-bond donors (Lipinski definition) is 3. The topological polar surface area (TPSA) is 108 Å². The van der Waals surface area contributed by atoms with Crippen LogP contribution in [-0.2, 0) is 11.0 Å². The highest BCUT2D eigenvalue weighted by atomic mass is 19.4. The van der Waals surface area contributed by atoms with E-state index >= 15 is 0 Å². The van der Waals surface area contributed by atoms with Gasteiger partial charge in [-0.3, -0.25) is 14.8 Å². The summed E-state index contributed by atoms with van der Waals surface area (Å²) in [5.74, 6) is -4.48. The quantitative estimate of drug-likeness (QED) is 0.317. The second kappa shape index (κ2) is 10.4. The minimum absolute atomic E-state index is 0.0194. The van der Waals surface area contributed by atoms with E-state index in [-0.39, 0.29) is 23.6 Å². The maximum Gasteiger partial charge on any atom is 0.417 e. The Bertz CT molecular complexity index is 1030. The van der Waals surface area contributed by atoms with Gasteiger partial charge in [-0.05, 0) is 30.3 Å². The van der Waals surface area contributed by atoms with Gasteiger partial charge < -0.3 is 21.3 Å². The van der Waals surface area contributed by atoms with Crippen LogP contribution < -0.4 is 16.4 Å². The third-order valence-corrected chi connectivity index (χ3v) is 5.70. The van der Waals surface area contributed by atoms with Gasteiger partial charge in [-0.2, -0.15) is 13.2 Å². The first-order valence-corrected chi connectivity index (χ1v) is 10.7. The lowest BCUT2D eigenvalue weighted by atomic mass is 9.88. The summed E-state index contributed by atoms with van der Waals surface area (Å²) in [6.07, 6.45) is 1.04. The molecule has 3 heterocycles. The maximum atomic E-state index is 14.5. The zero-order valence-electron chi connectivity index (χ0n) is 19.1. The third-order valence-electron chi connectivity index (χ3n) is 5.70. The molecule has 1 amide bonds. The van der Waals surface area contributed by atoms with Gasteiger partial charge in [-0.1, -0.05) is 6.92 Å². The fourth-order valence-electron chi connectivity index (χ4n) is 4.00. The lowest BCUT2D eigenvalue weighted by molar-refractivity contribution is -0.148. The van der Waals surface area contributed by atoms with E-state index < -0.39 is 54.7 Å². The van der Waals surface area contributed by atoms with Crippen molar-refractivity contribution < 1.29 is 26.7 Å². The number of anilines is 1. The van der Waals surface area contributed by atoms with E-state index in [0.29, 0.717) is 6.20 Å². The van der Waals surface area contributed by atoms with E-state index in [1.807, 2.05) is 0 Å². The molecule has 3 rings (SSSR count). The van der Waals surface area contributed by atoms with Crippen LogP contribution in [0.1, 0.15) is 18.9 Å². The van der Waals surface area contributed by atoms with Gasteiger partial charge in [0.15, 0.2) is 0 Å². The Morgan fingerprint density at radius 1 is 1.40 bits per heavy atom. The van der Waals surface area contributed by atoms with Crippen LogP contribution in [-0.4, -0.2) is 66.5 Å². The van der Waals surface area contributed by atoms with Crippen molar-refractivity contribution in [2.24, 2.45) is 21.6 Å². The average Bonchev–Trinajstić information content (AvgIpc) is 2.80. The number of pyridine rings is 1. The number of nitrogens with zero attached hydrogens (tertiary/aromatic N) is 4. The zero-order chi connectivity index (χ0) is 25.8. The van der Waals surface area contributed by atoms with Gasteiger partial charge in [0.1, 0.15) is 17.7 Å². The smallest absolute Gasteiger partial charge is 0.394 e. The number of halogens is 5. The number of likely N-dealkylation sites (tertiary alicyclic amines) is 1. The van der Waals surface area contributed by atoms with E-state index in [2.05, 4.69) is 25.6 Å². The van der Waals surface area contributed by atoms with E-state index in [1.54, 1.807) is 19.2 Å². The minimum atomic E-state index is -4.53. The number of carbonyl (C=O) groups excluding carboxylic acids is 1. The summed E-state index contributed by atoms with van der Waals surface area (Å²) in [6, 6.07) is 1.27. The number of carbonyl (C=O) groups is 1. The number of allylic oxidation sites excluding steroid dienone is 1. The first-order valence-electron chi connectivity index (χ1n) is 10.7. The number of alkyl halides is 5. The van der Waals surface area contributed by atoms with Crippen molar-refractivity contribution >= 4 is 24.2 Å². The summed E-state index contributed by atoms with van der Waals surface area (Å²) in [6.45, 7) is 0.696. The van der Waals surface area contributed by atoms with E-state index in [1.165, 1.54) is 19.5 Å². The number of nitrogens with one attached hydrogen (secondary N) is 2. The normalized spacial score (nSPS) is 24.8. The molecule has 0 bridgehead atoms. The molecular weight excluding hydrogens is 473 g/mol. The molecule has 2 unspecified atom stereocenters. The zero-order valence-corrected chi connectivity index (χ0v) is 19.1. The number of aromatic nitrogens is 1. The van der Waals surface area contributed by atoms with Crippen molar-refractivity contribution in [3.8, 4) is 0 Å². The molecule has 2 aliphatic rings. The van der Waals surface area contributed by atoms with Crippen LogP contribution in [0, 0.1) is 5.92 Å². The molecule has 0 aliphatic carbocycles. The molecule has 0 spiro atoms. The molecule has 190 valence electrons. The Kier molecular flexibility index (Phi) is 7.76. The van der Waals surface area contributed by atoms with Gasteiger partial charge >= 0.3 is 6.18 Å². The van der Waals surface area contributed by atoms with Crippen molar-refractivity contribution in [1.29, 1.82) is 0 Å². The Hall–Kier alpha value is -3.51. The third kappa shape index (κ3) is 6.34. The molecule has 0 saturated carbocycles. The Balaban J connectivity index is 1.85. The first-order chi connectivity index (χ1) is 16.4. The van der Waals surface area contributed by atoms with Crippen LogP contribution in [0.5, 0.6) is 0 Å². The number of rotatable bonds is 6. The molecule has 3 atom stereocenters. The van der Waals surface area contributed by atoms with Gasteiger partial charge in [-0.25, -0.2) is 13.8 Å². The van der Waals surface area contributed by atoms with Gasteiger partial charge in [0.05, 0.1) is 18.2 Å². The monoisotopic (exact) mass is 499 g/mol. The number of nitrogens with two attached hydrogens (primary N) is 1. The maximum absolute atomic E-state index is 14.5. The molecule has 8 nitrogen and oxygen atoms in total. The molecule has 4 N–H and O–H groups in total. The predicted octanol–water partition coefficient (Wildman–Crippen LogP) is 2.81. The van der Waals surface area contributed by atoms with Crippen LogP contribution in [0.25, 0.3) is 0 Å². The summed E-state index contributed by atoms with van der Waals surface area (Å²) in [5, 5.41) is 5.76. The van der Waals surface area contributed by atoms with Gasteiger partial charge in [0, 0.05) is 44.2 Å². The fraction of sp³-hybridized carbons (Fsp3) is 0.455. The van der Waals surface area contributed by atoms with E-state index in [9.17, 15) is 26.7 Å². The lowest BCUT2D eigenvalue weighted by Crippen LogP contribution is -2.58. The fourth-order valence-corrected chi connectivity index (χ4v) is 4.00. The highest BCUT2D eigenvalue weighted by Crippen LogP contribution is 2.35. The molecule has 1 aromatic rings. The molecule has 35 heavy (non-hydrogen) atoms. The SMILES string of the molecule is CN=CC(=C(N)C(=O)N1CC(F)(F)CC(C)[C@H]1CNc1ccc(C(F)(F)F)cn1)C1N=CC=CN1. The van der Waals surface area contributed by atoms with Crippen molar-refractivity contribution in [2.45, 2.75) is 37.7 Å². The summed E-state index contributed by atoms with van der Waals surface area (Å²) < 4.78 is 67.2. The molecule has 13 heteroatoms. The number of amides is 1. The van der Waals surface area contributed by atoms with Crippen LogP contribution in [0.15, 0.2) is 51.9 Å². The minimum Gasteiger partial charge on any atom is -0.394 e. The summed E-state index contributed by atoms with van der Waals surface area (Å²) in [7, 11) is 1.47. The summed E-state index contributed by atoms with van der Waals surface area (Å²) >= 11 is 0. The predicted molar refractivity (Wildman–Crippen MR) is 122 cm³/mol. The molecule has 0 radical (unpaired) electrons. The number of piperidine rings is 1. The van der Waals surface area contributed by atoms with Crippen molar-refractivity contribution in [3.05, 3.63) is 47.4 Å². The Labute approximate surface area is 198 Å². The average molecular weight is 499 g/mol. The van der Waals surface area contributed by atoms with Gasteiger partial charge in [0.25, 0.3) is 11.8 Å². The van der Waals surface area contributed by atoms with Crippen LogP contribution in [0.2, 0.25) is 0 Å². The summed E-state index contributed by atoms with van der Waals surface area (Å²) in [5.41, 5.74) is 5.16. The van der Waals surface area contributed by atoms with Crippen LogP contribution in [0.3, 0.4) is 0 Å². The molecular formula is C22H26F5N7O. The molecule has 0 aromatic carbocycles. The Morgan fingerprint density at radius 2 is 2.14 bits per heavy atom. The van der Waals surface area contributed by atoms with Gasteiger partial charge in [-0.15, -0.1) is 0 Å². The summed E-state index contributed by atoms with van der Waals surface area (Å²) in [4.78, 5) is 26.2. The highest BCUT2D eigenvalue weighted by molar-refractivity contribution is 6.00. The lowest BCUT2D eigenvalue weighted by Gasteiger charge is -2.43. The Morgan fingerprint density at radius 3 is 2.71 bits per heavy atom. The standard InChI is InChI=1S/C22H26F5N7O/c1-13-8-21(23,24)12-34(16(13)11-33-17-5-4-14(9-32-17)22(25,26)27)20(35)18(28)15(10-29-2)19-30-6-3-7-31-19/h3-7,9-10,13,16,19,30H,8,11-12,28H2,1-2H3,(H,32,33)/t13?,16-,19?/m1/s1. The largest absolute Gasteiger partial charge is 0.417 e. The number of aliphatic imine (C=N–C) groups is 2. The van der Waals surface area contributed by atoms with Crippen LogP contribution >= 0.6 is 0 Å². The molecule has 1 saturated heterocycles. The van der Waals surface area contributed by atoms with Gasteiger partial charge in [0.2, 0.25) is 0 Å². The van der Waals surface area contributed by atoms with E-state index in [4.69, 9.17) is 5.73 Å². The van der Waals surface area contributed by atoms with E-state index in [0.717, 1.165) is 17.0 Å². The highest BCUT2D eigenvalue weighted by Gasteiger charge is 2.46. The van der Waals surface area contributed by atoms with Crippen molar-refractivity contribution in [1.82, 2.24) is 15.2 Å². The molecule has 2 aliphatic heterocycles. The molecule has 1 aromatic heterocycles. The second-order valence-electron chi connectivity index (χ2n) is 8.33.